The molecule has 0 unspecified atom stereocenters. The number of nitrogens with two attached hydrogens (primary N) is 1. The van der Waals surface area contributed by atoms with Gasteiger partial charge in [-0.2, -0.15) is 0 Å². The number of hydrogen-bond donors (Lipinski definition) is 3. The summed E-state index contributed by atoms with van der Waals surface area (Å²) in [5, 5.41) is 13.1. The van der Waals surface area contributed by atoms with Crippen LogP contribution in [0.2, 0.25) is 0 Å². The Balaban J connectivity index is 1.76. The molecule has 1 aliphatic rings. The van der Waals surface area contributed by atoms with Crippen LogP contribution in [0.15, 0.2) is 60.7 Å². The van der Waals surface area contributed by atoms with Gasteiger partial charge in [-0.3, -0.25) is 4.79 Å². The number of aliphatic hydroxyl groups is 1. The van der Waals surface area contributed by atoms with E-state index in [1.165, 1.54) is 0 Å². The molecule has 1 aliphatic carbocycles. The maximum Gasteiger partial charge on any atom is 0.223 e. The van der Waals surface area contributed by atoms with Gasteiger partial charge in [-0.1, -0.05) is 60.7 Å². The Morgan fingerprint density at radius 1 is 1.08 bits per heavy atom. The van der Waals surface area contributed by atoms with Crippen LogP contribution in [0.3, 0.4) is 0 Å². The summed E-state index contributed by atoms with van der Waals surface area (Å²) < 4.78 is 0. The van der Waals surface area contributed by atoms with E-state index >= 15 is 0 Å². The molecule has 4 nitrogen and oxygen atoms in total. The predicted molar refractivity (Wildman–Crippen MR) is 104 cm³/mol. The summed E-state index contributed by atoms with van der Waals surface area (Å²) >= 11 is 0. The van der Waals surface area contributed by atoms with Crippen LogP contribution in [-0.4, -0.2) is 29.7 Å². The Morgan fingerprint density at radius 2 is 1.62 bits per heavy atom. The first-order chi connectivity index (χ1) is 12.5. The second-order valence-corrected chi connectivity index (χ2v) is 7.52. The van der Waals surface area contributed by atoms with E-state index in [1.54, 1.807) is 0 Å². The zero-order chi connectivity index (χ0) is 18.6. The molecular formula is C22H28N2O2. The highest BCUT2D eigenvalue weighted by molar-refractivity contribution is 5.79. The zero-order valence-corrected chi connectivity index (χ0v) is 15.3. The van der Waals surface area contributed by atoms with Crippen molar-refractivity contribution in [2.75, 3.05) is 6.54 Å². The minimum atomic E-state index is -0.589. The fourth-order valence-corrected chi connectivity index (χ4v) is 3.80. The van der Waals surface area contributed by atoms with E-state index in [1.807, 2.05) is 36.4 Å². The molecule has 0 aromatic heterocycles. The topological polar surface area (TPSA) is 75.4 Å². The van der Waals surface area contributed by atoms with Crippen molar-refractivity contribution in [3.05, 3.63) is 71.8 Å². The average Bonchev–Trinajstić information content (AvgIpc) is 2.69. The molecule has 3 atom stereocenters. The van der Waals surface area contributed by atoms with E-state index in [2.05, 4.69) is 36.5 Å². The van der Waals surface area contributed by atoms with Gasteiger partial charge < -0.3 is 16.2 Å². The van der Waals surface area contributed by atoms with Crippen LogP contribution in [0, 0.1) is 5.92 Å². The van der Waals surface area contributed by atoms with Gasteiger partial charge >= 0.3 is 0 Å². The largest absolute Gasteiger partial charge is 0.391 e. The fourth-order valence-electron chi connectivity index (χ4n) is 3.80. The maximum atomic E-state index is 12.7. The van der Waals surface area contributed by atoms with Crippen LogP contribution >= 0.6 is 0 Å². The predicted octanol–water partition coefficient (Wildman–Crippen LogP) is 2.60. The third-order valence-electron chi connectivity index (χ3n) is 5.68. The van der Waals surface area contributed by atoms with Crippen LogP contribution in [0.1, 0.15) is 37.3 Å². The molecule has 2 aromatic carbocycles. The molecule has 0 aliphatic heterocycles. The number of benzene rings is 2. The Kier molecular flexibility index (Phi) is 5.74. The van der Waals surface area contributed by atoms with Crippen molar-refractivity contribution in [1.82, 2.24) is 5.32 Å². The van der Waals surface area contributed by atoms with Crippen LogP contribution in [0.25, 0.3) is 0 Å². The van der Waals surface area contributed by atoms with Gasteiger partial charge in [0.15, 0.2) is 0 Å². The first-order valence-electron chi connectivity index (χ1n) is 9.33. The zero-order valence-electron chi connectivity index (χ0n) is 15.3. The van der Waals surface area contributed by atoms with Gasteiger partial charge in [0.1, 0.15) is 0 Å². The van der Waals surface area contributed by atoms with Gasteiger partial charge in [-0.15, -0.1) is 0 Å². The smallest absolute Gasteiger partial charge is 0.223 e. The van der Waals surface area contributed by atoms with Gasteiger partial charge in [0, 0.05) is 23.9 Å². The maximum absolute atomic E-state index is 12.7. The molecule has 2 aromatic rings. The molecule has 1 saturated carbocycles. The number of amides is 1. The molecule has 0 heterocycles. The normalized spacial score (nSPS) is 23.4. The van der Waals surface area contributed by atoms with Crippen LogP contribution < -0.4 is 11.1 Å². The highest BCUT2D eigenvalue weighted by Crippen LogP contribution is 2.32. The molecule has 0 radical (unpaired) electrons. The summed E-state index contributed by atoms with van der Waals surface area (Å²) in [6, 6.07) is 20.3. The summed E-state index contributed by atoms with van der Waals surface area (Å²) in [6.07, 6.45) is 1.28. The lowest BCUT2D eigenvalue weighted by atomic mass is 9.76. The lowest BCUT2D eigenvalue weighted by molar-refractivity contribution is -0.127. The van der Waals surface area contributed by atoms with Crippen molar-refractivity contribution in [2.45, 2.75) is 43.7 Å². The first-order valence-corrected chi connectivity index (χ1v) is 9.33. The van der Waals surface area contributed by atoms with Crippen molar-refractivity contribution in [3.63, 3.8) is 0 Å². The van der Waals surface area contributed by atoms with Crippen LogP contribution in [0.4, 0.5) is 0 Å². The quantitative estimate of drug-likeness (QED) is 0.774. The van der Waals surface area contributed by atoms with Gasteiger partial charge in [0.2, 0.25) is 5.91 Å². The highest BCUT2D eigenvalue weighted by Gasteiger charge is 2.33. The first kappa shape index (κ1) is 18.6. The molecule has 26 heavy (non-hydrogen) atoms. The standard InChI is InChI=1S/C22H28N2O2/c1-22(17-8-4-2-5-9-17,18-10-6-3-7-11-18)15-24-21(26)16-12-13-19(23)20(25)14-16/h2-11,16,19-20,25H,12-15,23H2,1H3,(H,24,26)/t16-,19-,20-/m0/s1. The summed E-state index contributed by atoms with van der Waals surface area (Å²) in [5.74, 6) is -0.158. The van der Waals surface area contributed by atoms with E-state index in [9.17, 15) is 9.90 Å². The second kappa shape index (κ2) is 8.02. The molecular weight excluding hydrogens is 324 g/mol. The Hall–Kier alpha value is -2.17. The van der Waals surface area contributed by atoms with Crippen molar-refractivity contribution < 1.29 is 9.90 Å². The lowest BCUT2D eigenvalue weighted by Crippen LogP contribution is -2.47. The molecule has 1 fully saturated rings. The van der Waals surface area contributed by atoms with E-state index in [-0.39, 0.29) is 23.3 Å². The van der Waals surface area contributed by atoms with E-state index in [0.29, 0.717) is 19.4 Å². The Bertz CT molecular complexity index is 678. The summed E-state index contributed by atoms with van der Waals surface area (Å²) in [6.45, 7) is 2.67. The fraction of sp³-hybridized carbons (Fsp3) is 0.409. The second-order valence-electron chi connectivity index (χ2n) is 7.52. The van der Waals surface area contributed by atoms with E-state index in [0.717, 1.165) is 17.5 Å². The molecule has 4 N–H and O–H groups in total. The van der Waals surface area contributed by atoms with Crippen molar-refractivity contribution >= 4 is 5.91 Å². The SMILES string of the molecule is CC(CNC(=O)[C@H]1CC[C@H](N)[C@@H](O)C1)(c1ccccc1)c1ccccc1. The van der Waals surface area contributed by atoms with E-state index in [4.69, 9.17) is 5.73 Å². The molecule has 138 valence electrons. The van der Waals surface area contributed by atoms with Gasteiger partial charge in [-0.05, 0) is 37.3 Å². The van der Waals surface area contributed by atoms with Crippen molar-refractivity contribution in [1.29, 1.82) is 0 Å². The van der Waals surface area contributed by atoms with Crippen LogP contribution in [0.5, 0.6) is 0 Å². The Labute approximate surface area is 155 Å². The molecule has 0 saturated heterocycles. The lowest BCUT2D eigenvalue weighted by Gasteiger charge is -2.34. The molecule has 4 heteroatoms. The number of carbonyl (C=O) groups excluding carboxylic acids is 1. The van der Waals surface area contributed by atoms with Crippen LogP contribution in [-0.2, 0) is 10.2 Å². The third kappa shape index (κ3) is 3.97. The number of nitrogens with one attached hydrogen (secondary N) is 1. The van der Waals surface area contributed by atoms with Gasteiger partial charge in [-0.25, -0.2) is 0 Å². The minimum Gasteiger partial charge on any atom is -0.391 e. The summed E-state index contributed by atoms with van der Waals surface area (Å²) in [7, 11) is 0. The van der Waals surface area contributed by atoms with Gasteiger partial charge in [0.25, 0.3) is 0 Å². The Morgan fingerprint density at radius 3 is 2.12 bits per heavy atom. The average molecular weight is 352 g/mol. The summed E-state index contributed by atoms with van der Waals surface area (Å²) in [4.78, 5) is 12.7. The number of hydrogen-bond acceptors (Lipinski definition) is 3. The summed E-state index contributed by atoms with van der Waals surface area (Å²) in [5.41, 5.74) is 7.86. The monoisotopic (exact) mass is 352 g/mol. The number of aliphatic hydroxyl groups excluding tert-OH is 1. The molecule has 1 amide bonds. The molecule has 0 bridgehead atoms. The van der Waals surface area contributed by atoms with E-state index < -0.39 is 6.10 Å². The van der Waals surface area contributed by atoms with Gasteiger partial charge in [0.05, 0.1) is 6.10 Å². The minimum absolute atomic E-state index is 0.00837. The number of carbonyl (C=O) groups is 1. The van der Waals surface area contributed by atoms with Crippen molar-refractivity contribution in [2.24, 2.45) is 11.7 Å². The van der Waals surface area contributed by atoms with Crippen molar-refractivity contribution in [3.8, 4) is 0 Å². The number of rotatable bonds is 5. The highest BCUT2D eigenvalue weighted by atomic mass is 16.3. The third-order valence-corrected chi connectivity index (χ3v) is 5.68. The molecule has 3 rings (SSSR count). The molecule has 0 spiro atoms.